The SMILES string of the molecule is CC(C)(CCl)C(=O)N1CCN(C(=O)CN2CCc3sccc3[C@@H]2c2ccccc2)CC1. The predicted molar refractivity (Wildman–Crippen MR) is 126 cm³/mol. The largest absolute Gasteiger partial charge is 0.339 e. The third-order valence-electron chi connectivity index (χ3n) is 6.35. The number of thiophene rings is 1. The smallest absolute Gasteiger partial charge is 0.236 e. The molecule has 1 saturated heterocycles. The first-order valence-corrected chi connectivity index (χ1v) is 12.3. The molecule has 0 aliphatic carbocycles. The van der Waals surface area contributed by atoms with Crippen molar-refractivity contribution in [1.82, 2.24) is 14.7 Å². The van der Waals surface area contributed by atoms with Gasteiger partial charge in [0.05, 0.1) is 18.0 Å². The molecule has 2 aliphatic rings. The summed E-state index contributed by atoms with van der Waals surface area (Å²) in [6.07, 6.45) is 0.986. The molecule has 0 N–H and O–H groups in total. The Morgan fingerprint density at radius 2 is 1.71 bits per heavy atom. The van der Waals surface area contributed by atoms with Gasteiger partial charge >= 0.3 is 0 Å². The number of hydrogen-bond acceptors (Lipinski definition) is 4. The minimum Gasteiger partial charge on any atom is -0.339 e. The first kappa shape index (κ1) is 22.3. The van der Waals surface area contributed by atoms with E-state index in [9.17, 15) is 9.59 Å². The lowest BCUT2D eigenvalue weighted by Gasteiger charge is -2.40. The van der Waals surface area contributed by atoms with Gasteiger partial charge in [0.25, 0.3) is 0 Å². The monoisotopic (exact) mass is 459 g/mol. The summed E-state index contributed by atoms with van der Waals surface area (Å²) in [5.41, 5.74) is 1.99. The molecule has 0 spiro atoms. The van der Waals surface area contributed by atoms with E-state index in [0.29, 0.717) is 38.6 Å². The Kier molecular flexibility index (Phi) is 6.70. The first-order valence-electron chi connectivity index (χ1n) is 10.9. The summed E-state index contributed by atoms with van der Waals surface area (Å²) in [7, 11) is 0. The Balaban J connectivity index is 1.42. The summed E-state index contributed by atoms with van der Waals surface area (Å²) >= 11 is 7.78. The zero-order valence-corrected chi connectivity index (χ0v) is 19.8. The third-order valence-corrected chi connectivity index (χ3v) is 8.02. The van der Waals surface area contributed by atoms with Gasteiger partial charge in [-0.1, -0.05) is 30.3 Å². The van der Waals surface area contributed by atoms with Crippen LogP contribution in [0.2, 0.25) is 0 Å². The second-order valence-corrected chi connectivity index (χ2v) is 10.3. The molecule has 2 aromatic rings. The molecule has 0 unspecified atom stereocenters. The maximum Gasteiger partial charge on any atom is 0.236 e. The van der Waals surface area contributed by atoms with E-state index < -0.39 is 5.41 Å². The number of amides is 2. The van der Waals surface area contributed by atoms with Crippen LogP contribution in [0, 0.1) is 5.41 Å². The normalized spacial score (nSPS) is 19.9. The van der Waals surface area contributed by atoms with Gasteiger partial charge in [-0.25, -0.2) is 0 Å². The number of piperazine rings is 1. The lowest BCUT2D eigenvalue weighted by Crippen LogP contribution is -2.55. The molecule has 1 aromatic carbocycles. The molecule has 1 fully saturated rings. The maximum absolute atomic E-state index is 13.2. The summed E-state index contributed by atoms with van der Waals surface area (Å²) in [6.45, 7) is 7.32. The topological polar surface area (TPSA) is 43.9 Å². The highest BCUT2D eigenvalue weighted by molar-refractivity contribution is 7.10. The van der Waals surface area contributed by atoms with Gasteiger partial charge in [0.1, 0.15) is 0 Å². The van der Waals surface area contributed by atoms with Crippen LogP contribution in [0.4, 0.5) is 0 Å². The Hall–Kier alpha value is -1.89. The zero-order valence-electron chi connectivity index (χ0n) is 18.2. The summed E-state index contributed by atoms with van der Waals surface area (Å²) < 4.78 is 0. The van der Waals surface area contributed by atoms with Gasteiger partial charge in [0.15, 0.2) is 0 Å². The van der Waals surface area contributed by atoms with Crippen molar-refractivity contribution >= 4 is 34.8 Å². The molecule has 5 nitrogen and oxygen atoms in total. The van der Waals surface area contributed by atoms with E-state index in [2.05, 4.69) is 40.6 Å². The van der Waals surface area contributed by atoms with Crippen LogP contribution >= 0.6 is 22.9 Å². The van der Waals surface area contributed by atoms with Gasteiger partial charge < -0.3 is 9.80 Å². The Labute approximate surface area is 193 Å². The van der Waals surface area contributed by atoms with Gasteiger partial charge in [-0.05, 0) is 42.8 Å². The van der Waals surface area contributed by atoms with Crippen molar-refractivity contribution in [2.24, 2.45) is 5.41 Å². The summed E-state index contributed by atoms with van der Waals surface area (Å²) in [6, 6.07) is 12.8. The van der Waals surface area contributed by atoms with Crippen molar-refractivity contribution in [3.05, 3.63) is 57.8 Å². The minimum absolute atomic E-state index is 0.0692. The number of halogens is 1. The fraction of sp³-hybridized carbons (Fsp3) is 0.500. The number of fused-ring (bicyclic) bond motifs is 1. The highest BCUT2D eigenvalue weighted by Gasteiger charge is 2.35. The summed E-state index contributed by atoms with van der Waals surface area (Å²) in [5, 5.41) is 2.16. The summed E-state index contributed by atoms with van der Waals surface area (Å²) in [5.74, 6) is 0.508. The Bertz CT molecular complexity index is 922. The first-order chi connectivity index (χ1) is 14.9. The molecule has 31 heavy (non-hydrogen) atoms. The molecule has 0 saturated carbocycles. The van der Waals surface area contributed by atoms with E-state index in [1.165, 1.54) is 16.0 Å². The van der Waals surface area contributed by atoms with Gasteiger partial charge in [0, 0.05) is 43.5 Å². The number of rotatable bonds is 5. The van der Waals surface area contributed by atoms with Crippen molar-refractivity contribution in [3.8, 4) is 0 Å². The molecular weight excluding hydrogens is 430 g/mol. The van der Waals surface area contributed by atoms with Crippen molar-refractivity contribution in [1.29, 1.82) is 0 Å². The highest BCUT2D eigenvalue weighted by atomic mass is 35.5. The number of nitrogens with zero attached hydrogens (tertiary/aromatic N) is 3. The number of hydrogen-bond donors (Lipinski definition) is 0. The predicted octanol–water partition coefficient (Wildman–Crippen LogP) is 3.63. The molecule has 7 heteroatoms. The van der Waals surface area contributed by atoms with Crippen LogP contribution in [-0.2, 0) is 16.0 Å². The fourth-order valence-corrected chi connectivity index (χ4v) is 5.50. The minimum atomic E-state index is -0.567. The van der Waals surface area contributed by atoms with E-state index in [4.69, 9.17) is 11.6 Å². The molecule has 166 valence electrons. The van der Waals surface area contributed by atoms with Gasteiger partial charge in [-0.15, -0.1) is 22.9 Å². The lowest BCUT2D eigenvalue weighted by molar-refractivity contribution is -0.145. The number of benzene rings is 1. The van der Waals surface area contributed by atoms with Crippen LogP contribution in [0.25, 0.3) is 0 Å². The van der Waals surface area contributed by atoms with Gasteiger partial charge in [-0.2, -0.15) is 0 Å². The molecular formula is C24H30ClN3O2S. The summed E-state index contributed by atoms with van der Waals surface area (Å²) in [4.78, 5) is 33.3. The zero-order chi connectivity index (χ0) is 22.0. The fourth-order valence-electron chi connectivity index (χ4n) is 4.48. The Morgan fingerprint density at radius 3 is 2.39 bits per heavy atom. The van der Waals surface area contributed by atoms with E-state index >= 15 is 0 Å². The van der Waals surface area contributed by atoms with Crippen LogP contribution in [0.15, 0.2) is 41.8 Å². The number of carbonyl (C=O) groups excluding carboxylic acids is 2. The second-order valence-electron chi connectivity index (χ2n) is 9.02. The maximum atomic E-state index is 13.2. The van der Waals surface area contributed by atoms with E-state index in [1.54, 1.807) is 0 Å². The van der Waals surface area contributed by atoms with Crippen LogP contribution in [0.3, 0.4) is 0 Å². The van der Waals surface area contributed by atoms with Crippen molar-refractivity contribution < 1.29 is 9.59 Å². The molecule has 3 heterocycles. The van der Waals surface area contributed by atoms with Crippen molar-refractivity contribution in [2.75, 3.05) is 45.1 Å². The van der Waals surface area contributed by atoms with Crippen molar-refractivity contribution in [3.63, 3.8) is 0 Å². The van der Waals surface area contributed by atoms with E-state index in [0.717, 1.165) is 13.0 Å². The highest BCUT2D eigenvalue weighted by Crippen LogP contribution is 2.37. The quantitative estimate of drug-likeness (QED) is 0.641. The molecule has 1 atom stereocenters. The van der Waals surface area contributed by atoms with Crippen molar-refractivity contribution in [2.45, 2.75) is 26.3 Å². The molecule has 4 rings (SSSR count). The number of alkyl halides is 1. The average molecular weight is 460 g/mol. The third kappa shape index (κ3) is 4.66. The molecule has 0 radical (unpaired) electrons. The van der Waals surface area contributed by atoms with Gasteiger partial charge in [-0.3, -0.25) is 14.5 Å². The molecule has 1 aromatic heterocycles. The van der Waals surface area contributed by atoms with Crippen LogP contribution < -0.4 is 0 Å². The standard InChI is InChI=1S/C24H30ClN3O2S/c1-24(2,17-25)23(30)27-13-11-26(12-14-27)21(29)16-28-10-8-20-19(9-15-31-20)22(28)18-6-4-3-5-7-18/h3-7,9,15,22H,8,10-14,16-17H2,1-2H3/t22-/m0/s1. The molecule has 2 amide bonds. The Morgan fingerprint density at radius 1 is 1.03 bits per heavy atom. The molecule has 2 aliphatic heterocycles. The number of carbonyl (C=O) groups is 2. The van der Waals surface area contributed by atoms with Crippen LogP contribution in [0.1, 0.15) is 35.9 Å². The van der Waals surface area contributed by atoms with Crippen LogP contribution in [0.5, 0.6) is 0 Å². The lowest BCUT2D eigenvalue weighted by atomic mass is 9.93. The van der Waals surface area contributed by atoms with E-state index in [1.807, 2.05) is 41.1 Å². The van der Waals surface area contributed by atoms with Gasteiger partial charge in [0.2, 0.25) is 11.8 Å². The van der Waals surface area contributed by atoms with Crippen LogP contribution in [-0.4, -0.2) is 71.7 Å². The molecule has 0 bridgehead atoms. The second kappa shape index (κ2) is 9.31. The van der Waals surface area contributed by atoms with E-state index in [-0.39, 0.29) is 17.9 Å². The average Bonchev–Trinajstić information content (AvgIpc) is 3.28.